The molecule has 3 aromatic rings. The van der Waals surface area contributed by atoms with E-state index in [4.69, 9.17) is 11.5 Å². The lowest BCUT2D eigenvalue weighted by molar-refractivity contribution is 1.09. The normalized spacial score (nSPS) is 12.6. The van der Waals surface area contributed by atoms with E-state index in [2.05, 4.69) is 83.2 Å². The van der Waals surface area contributed by atoms with Crippen molar-refractivity contribution >= 4 is 16.9 Å². The Morgan fingerprint density at radius 1 is 0.844 bits per heavy atom. The van der Waals surface area contributed by atoms with Crippen LogP contribution in [0.2, 0.25) is 0 Å². The van der Waals surface area contributed by atoms with Gasteiger partial charge in [-0.2, -0.15) is 0 Å². The van der Waals surface area contributed by atoms with Gasteiger partial charge in [-0.05, 0) is 86.1 Å². The molecule has 0 saturated carbocycles. The van der Waals surface area contributed by atoms with Crippen molar-refractivity contribution in [1.82, 2.24) is 0 Å². The maximum atomic E-state index is 6.48. The Hall–Kier alpha value is -3.26. The highest BCUT2D eigenvalue weighted by Gasteiger charge is 2.13. The van der Waals surface area contributed by atoms with Crippen LogP contribution in [0.1, 0.15) is 62.8 Å². The van der Waals surface area contributed by atoms with Crippen LogP contribution in [0, 0.1) is 6.92 Å². The largest absolute Gasteiger partial charge is 0.398 e. The summed E-state index contributed by atoms with van der Waals surface area (Å²) in [6.07, 6.45) is 5.16. The second-order valence-corrected chi connectivity index (χ2v) is 8.70. The quantitative estimate of drug-likeness (QED) is 0.298. The molecule has 0 atom stereocenters. The van der Waals surface area contributed by atoms with Gasteiger partial charge in [0.25, 0.3) is 0 Å². The van der Waals surface area contributed by atoms with Crippen molar-refractivity contribution in [3.63, 3.8) is 0 Å². The number of hydrogen-bond donors (Lipinski definition) is 2. The molecule has 0 unspecified atom stereocenters. The van der Waals surface area contributed by atoms with Gasteiger partial charge < -0.3 is 11.5 Å². The Morgan fingerprint density at radius 2 is 1.59 bits per heavy atom. The SMILES string of the molecule is CC/C=C(C)\C(=C(\C)CC)c1cc(Cc2cc(C)cc(-c3ccccc3N)c2)ccc1N. The fourth-order valence-electron chi connectivity index (χ4n) is 4.41. The second-order valence-electron chi connectivity index (χ2n) is 8.70. The highest BCUT2D eigenvalue weighted by molar-refractivity contribution is 5.86. The molecule has 2 nitrogen and oxygen atoms in total. The molecule has 32 heavy (non-hydrogen) atoms. The number of allylic oxidation sites excluding steroid dienone is 4. The molecule has 0 heterocycles. The van der Waals surface area contributed by atoms with Gasteiger partial charge in [0.15, 0.2) is 0 Å². The van der Waals surface area contributed by atoms with Crippen LogP contribution >= 0.6 is 0 Å². The summed E-state index contributed by atoms with van der Waals surface area (Å²) in [7, 11) is 0. The lowest BCUT2D eigenvalue weighted by Gasteiger charge is -2.17. The third-order valence-electron chi connectivity index (χ3n) is 6.07. The molecule has 0 saturated heterocycles. The maximum Gasteiger partial charge on any atom is 0.0393 e. The van der Waals surface area contributed by atoms with E-state index < -0.39 is 0 Å². The molecule has 0 spiro atoms. The Kier molecular flexibility index (Phi) is 7.58. The van der Waals surface area contributed by atoms with Crippen LogP contribution < -0.4 is 11.5 Å². The van der Waals surface area contributed by atoms with E-state index in [1.165, 1.54) is 33.4 Å². The van der Waals surface area contributed by atoms with Gasteiger partial charge in [0.2, 0.25) is 0 Å². The molecule has 166 valence electrons. The minimum atomic E-state index is 0.807. The molecule has 0 amide bonds. The molecule has 0 fully saturated rings. The predicted octanol–water partition coefficient (Wildman–Crippen LogP) is 7.96. The van der Waals surface area contributed by atoms with Crippen LogP contribution in [0.3, 0.4) is 0 Å². The van der Waals surface area contributed by atoms with Crippen LogP contribution in [0.4, 0.5) is 11.4 Å². The molecule has 2 heteroatoms. The lowest BCUT2D eigenvalue weighted by atomic mass is 9.89. The first kappa shape index (κ1) is 23.4. The van der Waals surface area contributed by atoms with Gasteiger partial charge in [-0.15, -0.1) is 0 Å². The van der Waals surface area contributed by atoms with Crippen molar-refractivity contribution in [3.8, 4) is 11.1 Å². The number of anilines is 2. The van der Waals surface area contributed by atoms with Gasteiger partial charge in [0.1, 0.15) is 0 Å². The Balaban J connectivity index is 2.03. The van der Waals surface area contributed by atoms with Crippen molar-refractivity contribution in [3.05, 3.63) is 100 Å². The zero-order chi connectivity index (χ0) is 23.3. The lowest BCUT2D eigenvalue weighted by Crippen LogP contribution is -2.00. The van der Waals surface area contributed by atoms with Gasteiger partial charge in [0.05, 0.1) is 0 Å². The molecule has 0 aromatic heterocycles. The monoisotopic (exact) mass is 424 g/mol. The van der Waals surface area contributed by atoms with Crippen LogP contribution in [0.25, 0.3) is 16.7 Å². The molecule has 0 bridgehead atoms. The van der Waals surface area contributed by atoms with Crippen LogP contribution in [-0.2, 0) is 6.42 Å². The van der Waals surface area contributed by atoms with E-state index in [1.807, 2.05) is 18.2 Å². The highest BCUT2D eigenvalue weighted by Crippen LogP contribution is 2.34. The van der Waals surface area contributed by atoms with Crippen molar-refractivity contribution in [1.29, 1.82) is 0 Å². The molecular formula is C30H36N2. The number of nitrogens with two attached hydrogens (primary N) is 2. The van der Waals surface area contributed by atoms with Gasteiger partial charge in [-0.3, -0.25) is 0 Å². The number of rotatable bonds is 7. The van der Waals surface area contributed by atoms with Crippen molar-refractivity contribution in [2.45, 2.75) is 53.9 Å². The third-order valence-corrected chi connectivity index (χ3v) is 6.07. The topological polar surface area (TPSA) is 52.0 Å². The molecule has 3 aromatic carbocycles. The Bertz CT molecular complexity index is 1170. The van der Waals surface area contributed by atoms with E-state index in [-0.39, 0.29) is 0 Å². The van der Waals surface area contributed by atoms with Crippen LogP contribution in [0.5, 0.6) is 0 Å². The zero-order valence-electron chi connectivity index (χ0n) is 20.1. The first-order chi connectivity index (χ1) is 15.3. The average Bonchev–Trinajstić information content (AvgIpc) is 2.76. The number of benzene rings is 3. The molecule has 0 radical (unpaired) electrons. The highest BCUT2D eigenvalue weighted by atomic mass is 14.6. The molecular weight excluding hydrogens is 388 g/mol. The van der Waals surface area contributed by atoms with E-state index in [1.54, 1.807) is 0 Å². The minimum absolute atomic E-state index is 0.807. The summed E-state index contributed by atoms with van der Waals surface area (Å²) in [5, 5.41) is 0. The van der Waals surface area contributed by atoms with E-state index >= 15 is 0 Å². The number of nitrogen functional groups attached to an aromatic ring is 2. The van der Waals surface area contributed by atoms with Gasteiger partial charge in [-0.1, -0.05) is 73.5 Å². The van der Waals surface area contributed by atoms with E-state index in [0.717, 1.165) is 47.3 Å². The Morgan fingerprint density at radius 3 is 2.28 bits per heavy atom. The standard InChI is InChI=1S/C30H36N2/c1-6-10-22(5)30(21(4)7-2)27-19-23(13-14-29(27)32)17-24-15-20(3)16-25(18-24)26-11-8-9-12-28(26)31/h8-16,18-19H,6-7,17,31-32H2,1-5H3/b22-10-,30-21+. The number of hydrogen-bond acceptors (Lipinski definition) is 2. The van der Waals surface area contributed by atoms with Crippen molar-refractivity contribution < 1.29 is 0 Å². The summed E-state index contributed by atoms with van der Waals surface area (Å²) >= 11 is 0. The van der Waals surface area contributed by atoms with E-state index in [9.17, 15) is 0 Å². The number of aryl methyl sites for hydroxylation is 1. The Labute approximate surface area is 193 Å². The fraction of sp³-hybridized carbons (Fsp3) is 0.267. The summed E-state index contributed by atoms with van der Waals surface area (Å²) in [4.78, 5) is 0. The van der Waals surface area contributed by atoms with Crippen LogP contribution in [-0.4, -0.2) is 0 Å². The van der Waals surface area contributed by atoms with Gasteiger partial charge in [-0.25, -0.2) is 0 Å². The van der Waals surface area contributed by atoms with Crippen molar-refractivity contribution in [2.24, 2.45) is 0 Å². The zero-order valence-corrected chi connectivity index (χ0v) is 20.1. The summed E-state index contributed by atoms with van der Waals surface area (Å²) in [6, 6.07) is 21.2. The first-order valence-corrected chi connectivity index (χ1v) is 11.5. The smallest absolute Gasteiger partial charge is 0.0393 e. The molecule has 3 rings (SSSR count). The predicted molar refractivity (Wildman–Crippen MR) is 142 cm³/mol. The molecule has 0 aliphatic carbocycles. The summed E-state index contributed by atoms with van der Waals surface area (Å²) in [6.45, 7) is 10.9. The number of para-hydroxylation sites is 1. The third kappa shape index (κ3) is 5.31. The molecule has 0 aliphatic heterocycles. The fourth-order valence-corrected chi connectivity index (χ4v) is 4.41. The van der Waals surface area contributed by atoms with Gasteiger partial charge >= 0.3 is 0 Å². The summed E-state index contributed by atoms with van der Waals surface area (Å²) in [5.74, 6) is 0. The van der Waals surface area contributed by atoms with Crippen molar-refractivity contribution in [2.75, 3.05) is 11.5 Å². The maximum absolute atomic E-state index is 6.48. The minimum Gasteiger partial charge on any atom is -0.398 e. The van der Waals surface area contributed by atoms with Gasteiger partial charge in [0, 0.05) is 22.5 Å². The summed E-state index contributed by atoms with van der Waals surface area (Å²) < 4.78 is 0. The molecule has 4 N–H and O–H groups in total. The second kappa shape index (κ2) is 10.4. The van der Waals surface area contributed by atoms with E-state index in [0.29, 0.717) is 0 Å². The van der Waals surface area contributed by atoms with Crippen LogP contribution in [0.15, 0.2) is 77.9 Å². The summed E-state index contributed by atoms with van der Waals surface area (Å²) in [5.41, 5.74) is 25.5. The first-order valence-electron chi connectivity index (χ1n) is 11.5. The average molecular weight is 425 g/mol. The molecule has 0 aliphatic rings.